The Labute approximate surface area is 122 Å². The van der Waals surface area contributed by atoms with Crippen molar-refractivity contribution in [3.63, 3.8) is 0 Å². The van der Waals surface area contributed by atoms with Gasteiger partial charge in [-0.15, -0.1) is 11.3 Å². The summed E-state index contributed by atoms with van der Waals surface area (Å²) in [5.74, 6) is 0.985. The van der Waals surface area contributed by atoms with Gasteiger partial charge in [0.2, 0.25) is 0 Å². The molecule has 19 heavy (non-hydrogen) atoms. The van der Waals surface area contributed by atoms with Gasteiger partial charge in [-0.05, 0) is 24.6 Å². The van der Waals surface area contributed by atoms with Gasteiger partial charge >= 0.3 is 0 Å². The van der Waals surface area contributed by atoms with Crippen LogP contribution in [0.2, 0.25) is 0 Å². The molecule has 3 aromatic rings. The molecule has 0 unspecified atom stereocenters. The summed E-state index contributed by atoms with van der Waals surface area (Å²) >= 11 is 5.02. The molecule has 0 bridgehead atoms. The molecule has 96 valence electrons. The van der Waals surface area contributed by atoms with E-state index in [9.17, 15) is 0 Å². The highest BCUT2D eigenvalue weighted by atomic mass is 79.9. The van der Waals surface area contributed by atoms with Crippen LogP contribution in [0.1, 0.15) is 5.01 Å². The fraction of sp³-hybridized carbons (Fsp3) is 0.0769. The minimum absolute atomic E-state index is 0.374. The zero-order valence-corrected chi connectivity index (χ0v) is 12.5. The molecule has 2 N–H and O–H groups in total. The lowest BCUT2D eigenvalue weighted by atomic mass is 10.0. The fourth-order valence-electron chi connectivity index (χ4n) is 1.87. The molecule has 0 spiro atoms. The summed E-state index contributed by atoms with van der Waals surface area (Å²) in [6.45, 7) is 1.95. The van der Waals surface area contributed by atoms with Crippen molar-refractivity contribution in [3.8, 4) is 22.6 Å². The van der Waals surface area contributed by atoms with E-state index in [4.69, 9.17) is 10.3 Å². The second-order valence-corrected chi connectivity index (χ2v) is 6.01. The lowest BCUT2D eigenvalue weighted by Gasteiger charge is -2.01. The van der Waals surface area contributed by atoms with Crippen LogP contribution in [0.25, 0.3) is 22.6 Å². The molecule has 0 saturated carbocycles. The van der Waals surface area contributed by atoms with Gasteiger partial charge in [-0.2, -0.15) is 0 Å². The number of rotatable bonds is 2. The number of nitrogens with two attached hydrogens (primary N) is 1. The predicted octanol–water partition coefficient (Wildman–Crippen LogP) is 4.12. The lowest BCUT2D eigenvalue weighted by molar-refractivity contribution is 0.435. The topological polar surface area (TPSA) is 64.9 Å². The molecule has 4 nitrogen and oxygen atoms in total. The molecule has 0 aliphatic rings. The van der Waals surface area contributed by atoms with Crippen LogP contribution < -0.4 is 5.73 Å². The monoisotopic (exact) mass is 335 g/mol. The Balaban J connectivity index is 2.19. The summed E-state index contributed by atoms with van der Waals surface area (Å²) in [5, 5.41) is 6.78. The Morgan fingerprint density at radius 3 is 2.89 bits per heavy atom. The summed E-state index contributed by atoms with van der Waals surface area (Å²) < 4.78 is 6.32. The zero-order valence-electron chi connectivity index (χ0n) is 10.1. The van der Waals surface area contributed by atoms with Gasteiger partial charge in [0.1, 0.15) is 5.69 Å². The van der Waals surface area contributed by atoms with E-state index >= 15 is 0 Å². The van der Waals surface area contributed by atoms with E-state index in [0.29, 0.717) is 11.6 Å². The number of aryl methyl sites for hydroxylation is 1. The first-order valence-electron chi connectivity index (χ1n) is 5.59. The summed E-state index contributed by atoms with van der Waals surface area (Å²) in [6, 6.07) is 7.85. The maximum absolute atomic E-state index is 5.92. The number of nitrogen functional groups attached to an aromatic ring is 1. The van der Waals surface area contributed by atoms with Crippen molar-refractivity contribution in [2.24, 2.45) is 0 Å². The number of halogens is 1. The van der Waals surface area contributed by atoms with Crippen LogP contribution in [0.3, 0.4) is 0 Å². The van der Waals surface area contributed by atoms with Crippen molar-refractivity contribution >= 4 is 33.1 Å². The van der Waals surface area contributed by atoms with E-state index in [1.165, 1.54) is 0 Å². The standard InChI is InChI=1S/C13H10BrN3OS/c1-7-16-10(6-19-7)12-11(13(15)17-18-12)8-3-2-4-9(14)5-8/h2-6H,1H3,(H2,15,17). The van der Waals surface area contributed by atoms with Crippen LogP contribution in [0.5, 0.6) is 0 Å². The first kappa shape index (κ1) is 12.4. The molecule has 0 atom stereocenters. The largest absolute Gasteiger partial charge is 0.380 e. The first-order chi connectivity index (χ1) is 9.15. The molecule has 3 rings (SSSR count). The summed E-state index contributed by atoms with van der Waals surface area (Å²) in [4.78, 5) is 4.42. The van der Waals surface area contributed by atoms with Gasteiger partial charge in [0.05, 0.1) is 10.6 Å². The zero-order chi connectivity index (χ0) is 13.4. The minimum atomic E-state index is 0.374. The van der Waals surface area contributed by atoms with E-state index in [1.54, 1.807) is 11.3 Å². The minimum Gasteiger partial charge on any atom is -0.380 e. The van der Waals surface area contributed by atoms with E-state index in [-0.39, 0.29) is 0 Å². The normalized spacial score (nSPS) is 10.8. The fourth-order valence-corrected chi connectivity index (χ4v) is 2.86. The van der Waals surface area contributed by atoms with Crippen LogP contribution in [0.15, 0.2) is 38.6 Å². The molecule has 0 amide bonds. The Kier molecular flexibility index (Phi) is 3.12. The molecular formula is C13H10BrN3OS. The third-order valence-electron chi connectivity index (χ3n) is 2.68. The van der Waals surface area contributed by atoms with E-state index in [2.05, 4.69) is 26.1 Å². The average molecular weight is 336 g/mol. The molecule has 0 aliphatic heterocycles. The SMILES string of the molecule is Cc1nc(-c2onc(N)c2-c2cccc(Br)c2)cs1. The van der Waals surface area contributed by atoms with Gasteiger partial charge in [0.25, 0.3) is 0 Å². The van der Waals surface area contributed by atoms with Crippen LogP contribution in [-0.4, -0.2) is 10.1 Å². The summed E-state index contributed by atoms with van der Waals surface area (Å²) in [5.41, 5.74) is 8.42. The maximum Gasteiger partial charge on any atom is 0.196 e. The van der Waals surface area contributed by atoms with Crippen LogP contribution in [0, 0.1) is 6.92 Å². The van der Waals surface area contributed by atoms with Gasteiger partial charge < -0.3 is 10.3 Å². The van der Waals surface area contributed by atoms with Gasteiger partial charge in [-0.3, -0.25) is 0 Å². The van der Waals surface area contributed by atoms with E-state index in [0.717, 1.165) is 26.3 Å². The smallest absolute Gasteiger partial charge is 0.196 e. The highest BCUT2D eigenvalue weighted by Crippen LogP contribution is 2.37. The van der Waals surface area contributed by atoms with E-state index < -0.39 is 0 Å². The molecule has 0 radical (unpaired) electrons. The Morgan fingerprint density at radius 1 is 1.37 bits per heavy atom. The highest BCUT2D eigenvalue weighted by molar-refractivity contribution is 9.10. The number of hydrogen-bond acceptors (Lipinski definition) is 5. The Morgan fingerprint density at radius 2 is 2.21 bits per heavy atom. The number of nitrogens with zero attached hydrogens (tertiary/aromatic N) is 2. The first-order valence-corrected chi connectivity index (χ1v) is 7.26. The van der Waals surface area contributed by atoms with Gasteiger partial charge in [-0.1, -0.05) is 33.2 Å². The lowest BCUT2D eigenvalue weighted by Crippen LogP contribution is -1.89. The predicted molar refractivity (Wildman–Crippen MR) is 79.9 cm³/mol. The third kappa shape index (κ3) is 2.29. The Bertz CT molecular complexity index is 735. The average Bonchev–Trinajstić information content (AvgIpc) is 2.95. The van der Waals surface area contributed by atoms with Crippen molar-refractivity contribution in [1.29, 1.82) is 0 Å². The summed E-state index contributed by atoms with van der Waals surface area (Å²) in [7, 11) is 0. The van der Waals surface area contributed by atoms with Crippen LogP contribution in [-0.2, 0) is 0 Å². The second-order valence-electron chi connectivity index (χ2n) is 4.03. The van der Waals surface area contributed by atoms with Crippen molar-refractivity contribution in [2.75, 3.05) is 5.73 Å². The molecule has 1 aromatic carbocycles. The second kappa shape index (κ2) is 4.79. The van der Waals surface area contributed by atoms with E-state index in [1.807, 2.05) is 36.6 Å². The number of thiazole rings is 1. The van der Waals surface area contributed by atoms with Crippen LogP contribution >= 0.6 is 27.3 Å². The molecule has 6 heteroatoms. The summed E-state index contributed by atoms with van der Waals surface area (Å²) in [6.07, 6.45) is 0. The molecule has 0 aliphatic carbocycles. The van der Waals surface area contributed by atoms with Crippen molar-refractivity contribution in [3.05, 3.63) is 39.1 Å². The van der Waals surface area contributed by atoms with Crippen molar-refractivity contribution in [1.82, 2.24) is 10.1 Å². The van der Waals surface area contributed by atoms with Crippen molar-refractivity contribution < 1.29 is 4.52 Å². The third-order valence-corrected chi connectivity index (χ3v) is 3.95. The number of aromatic nitrogens is 2. The van der Waals surface area contributed by atoms with Gasteiger partial charge in [-0.25, -0.2) is 4.98 Å². The van der Waals surface area contributed by atoms with Crippen LogP contribution in [0.4, 0.5) is 5.82 Å². The molecule has 0 fully saturated rings. The van der Waals surface area contributed by atoms with Gasteiger partial charge in [0.15, 0.2) is 11.6 Å². The number of anilines is 1. The molecular weight excluding hydrogens is 326 g/mol. The van der Waals surface area contributed by atoms with Crippen molar-refractivity contribution in [2.45, 2.75) is 6.92 Å². The number of benzene rings is 1. The van der Waals surface area contributed by atoms with Gasteiger partial charge in [0, 0.05) is 9.85 Å². The quantitative estimate of drug-likeness (QED) is 0.765. The molecule has 0 saturated heterocycles. The Hall–Kier alpha value is -1.66. The molecule has 2 heterocycles. The highest BCUT2D eigenvalue weighted by Gasteiger charge is 2.19. The number of hydrogen-bond donors (Lipinski definition) is 1. The maximum atomic E-state index is 5.92. The molecule has 2 aromatic heterocycles.